The van der Waals surface area contributed by atoms with Crippen molar-refractivity contribution in [2.75, 3.05) is 13.6 Å². The Morgan fingerprint density at radius 2 is 1.75 bits per heavy atom. The van der Waals surface area contributed by atoms with Crippen molar-refractivity contribution < 1.29 is 4.39 Å². The van der Waals surface area contributed by atoms with Crippen LogP contribution in [0.15, 0.2) is 48.5 Å². The fraction of sp³-hybridized carbons (Fsp3) is 0.294. The normalized spacial score (nSPS) is 12.3. The van der Waals surface area contributed by atoms with E-state index in [1.54, 1.807) is 0 Å². The maximum atomic E-state index is 12.9. The lowest BCUT2D eigenvalue weighted by atomic mass is 9.92. The fourth-order valence-electron chi connectivity index (χ4n) is 2.46. The molecule has 0 amide bonds. The quantitative estimate of drug-likeness (QED) is 0.845. The van der Waals surface area contributed by atoms with Gasteiger partial charge in [-0.05, 0) is 67.7 Å². The predicted molar refractivity (Wildman–Crippen MR) is 82.7 cm³/mol. The number of hydrogen-bond donors (Lipinski definition) is 1. The first-order valence-corrected chi connectivity index (χ1v) is 7.18. The van der Waals surface area contributed by atoms with Crippen LogP contribution in [-0.4, -0.2) is 13.6 Å². The van der Waals surface area contributed by atoms with Crippen molar-refractivity contribution >= 4 is 11.6 Å². The Morgan fingerprint density at radius 3 is 2.40 bits per heavy atom. The molecule has 0 heterocycles. The Labute approximate surface area is 124 Å². The van der Waals surface area contributed by atoms with Crippen LogP contribution in [0.2, 0.25) is 5.02 Å². The monoisotopic (exact) mass is 291 g/mol. The van der Waals surface area contributed by atoms with Gasteiger partial charge in [0.05, 0.1) is 0 Å². The minimum Gasteiger partial charge on any atom is -0.319 e. The smallest absolute Gasteiger partial charge is 0.123 e. The molecule has 0 aliphatic carbocycles. The van der Waals surface area contributed by atoms with Crippen molar-refractivity contribution in [1.82, 2.24) is 5.32 Å². The van der Waals surface area contributed by atoms with E-state index >= 15 is 0 Å². The van der Waals surface area contributed by atoms with Crippen molar-refractivity contribution in [3.05, 3.63) is 70.5 Å². The van der Waals surface area contributed by atoms with E-state index in [4.69, 9.17) is 11.6 Å². The Bertz CT molecular complexity index is 539. The molecule has 2 aromatic rings. The molecule has 0 aliphatic heterocycles. The summed E-state index contributed by atoms with van der Waals surface area (Å²) in [6.07, 6.45) is 1.88. The van der Waals surface area contributed by atoms with Crippen LogP contribution < -0.4 is 5.32 Å². The number of benzene rings is 2. The van der Waals surface area contributed by atoms with E-state index in [1.165, 1.54) is 17.7 Å². The van der Waals surface area contributed by atoms with E-state index in [0.717, 1.165) is 30.0 Å². The standard InChI is InChI=1S/C17H19ClFN/c1-20-12-15(9-13-5-7-17(19)8-6-13)10-14-3-2-4-16(18)11-14/h2-8,11,15,20H,9-10,12H2,1H3. The lowest BCUT2D eigenvalue weighted by molar-refractivity contribution is 0.493. The number of halogens is 2. The van der Waals surface area contributed by atoms with Gasteiger partial charge in [-0.25, -0.2) is 4.39 Å². The summed E-state index contributed by atoms with van der Waals surface area (Å²) in [5.74, 6) is 0.276. The number of hydrogen-bond acceptors (Lipinski definition) is 1. The lowest BCUT2D eigenvalue weighted by Crippen LogP contribution is -2.22. The van der Waals surface area contributed by atoms with Crippen LogP contribution in [0.5, 0.6) is 0 Å². The highest BCUT2D eigenvalue weighted by atomic mass is 35.5. The van der Waals surface area contributed by atoms with Crippen LogP contribution in [-0.2, 0) is 12.8 Å². The van der Waals surface area contributed by atoms with Gasteiger partial charge in [0, 0.05) is 5.02 Å². The molecule has 0 spiro atoms. The van der Waals surface area contributed by atoms with Crippen molar-refractivity contribution in [2.24, 2.45) is 5.92 Å². The SMILES string of the molecule is CNCC(Cc1ccc(F)cc1)Cc1cccc(Cl)c1. The van der Waals surface area contributed by atoms with Gasteiger partial charge in [0.25, 0.3) is 0 Å². The van der Waals surface area contributed by atoms with Gasteiger partial charge < -0.3 is 5.32 Å². The first-order valence-electron chi connectivity index (χ1n) is 6.81. The molecule has 0 saturated carbocycles. The summed E-state index contributed by atoms with van der Waals surface area (Å²) in [5.41, 5.74) is 2.40. The van der Waals surface area contributed by atoms with E-state index in [0.29, 0.717) is 5.92 Å². The molecule has 20 heavy (non-hydrogen) atoms. The molecule has 1 nitrogen and oxygen atoms in total. The summed E-state index contributed by atoms with van der Waals surface area (Å²) in [4.78, 5) is 0. The Morgan fingerprint density at radius 1 is 1.05 bits per heavy atom. The summed E-state index contributed by atoms with van der Waals surface area (Å²) in [6, 6.07) is 14.7. The average Bonchev–Trinajstić information content (AvgIpc) is 2.42. The average molecular weight is 292 g/mol. The highest BCUT2D eigenvalue weighted by Gasteiger charge is 2.10. The molecule has 1 atom stereocenters. The summed E-state index contributed by atoms with van der Waals surface area (Å²) in [5, 5.41) is 4.00. The molecule has 1 N–H and O–H groups in total. The second-order valence-corrected chi connectivity index (χ2v) is 5.52. The molecular weight excluding hydrogens is 273 g/mol. The summed E-state index contributed by atoms with van der Waals surface area (Å²) >= 11 is 6.03. The predicted octanol–water partition coefficient (Wildman–Crippen LogP) is 4.10. The third-order valence-electron chi connectivity index (χ3n) is 3.34. The zero-order chi connectivity index (χ0) is 14.4. The Balaban J connectivity index is 2.05. The van der Waals surface area contributed by atoms with Gasteiger partial charge in [0.15, 0.2) is 0 Å². The first-order chi connectivity index (χ1) is 9.67. The fourth-order valence-corrected chi connectivity index (χ4v) is 2.67. The first kappa shape index (κ1) is 15.0. The van der Waals surface area contributed by atoms with E-state index in [-0.39, 0.29) is 5.82 Å². The van der Waals surface area contributed by atoms with Gasteiger partial charge in [-0.2, -0.15) is 0 Å². The van der Waals surface area contributed by atoms with Crippen LogP contribution >= 0.6 is 11.6 Å². The minimum atomic E-state index is -0.186. The highest BCUT2D eigenvalue weighted by Crippen LogP contribution is 2.17. The van der Waals surface area contributed by atoms with Crippen molar-refractivity contribution in [3.8, 4) is 0 Å². The third kappa shape index (κ3) is 4.62. The largest absolute Gasteiger partial charge is 0.319 e. The minimum absolute atomic E-state index is 0.186. The van der Waals surface area contributed by atoms with Gasteiger partial charge >= 0.3 is 0 Å². The van der Waals surface area contributed by atoms with Crippen LogP contribution in [0, 0.1) is 11.7 Å². The molecule has 106 valence electrons. The second-order valence-electron chi connectivity index (χ2n) is 5.09. The van der Waals surface area contributed by atoms with E-state index in [2.05, 4.69) is 11.4 Å². The van der Waals surface area contributed by atoms with E-state index in [1.807, 2.05) is 37.4 Å². The highest BCUT2D eigenvalue weighted by molar-refractivity contribution is 6.30. The number of nitrogens with one attached hydrogen (secondary N) is 1. The van der Waals surface area contributed by atoms with Gasteiger partial charge in [0.1, 0.15) is 5.82 Å². The maximum absolute atomic E-state index is 12.9. The molecule has 0 aliphatic rings. The zero-order valence-electron chi connectivity index (χ0n) is 11.6. The Kier molecular flexibility index (Phi) is 5.57. The Hall–Kier alpha value is -1.38. The van der Waals surface area contributed by atoms with Crippen LogP contribution in [0.3, 0.4) is 0 Å². The van der Waals surface area contributed by atoms with Crippen molar-refractivity contribution in [3.63, 3.8) is 0 Å². The maximum Gasteiger partial charge on any atom is 0.123 e. The molecule has 2 aromatic carbocycles. The molecule has 0 radical (unpaired) electrons. The van der Waals surface area contributed by atoms with E-state index in [9.17, 15) is 4.39 Å². The van der Waals surface area contributed by atoms with Crippen LogP contribution in [0.25, 0.3) is 0 Å². The van der Waals surface area contributed by atoms with Gasteiger partial charge in [-0.3, -0.25) is 0 Å². The number of rotatable bonds is 6. The molecule has 0 bridgehead atoms. The second kappa shape index (κ2) is 7.41. The van der Waals surface area contributed by atoms with Crippen LogP contribution in [0.4, 0.5) is 4.39 Å². The van der Waals surface area contributed by atoms with E-state index < -0.39 is 0 Å². The summed E-state index contributed by atoms with van der Waals surface area (Å²) < 4.78 is 12.9. The molecule has 0 saturated heterocycles. The molecule has 2 rings (SSSR count). The topological polar surface area (TPSA) is 12.0 Å². The molecule has 0 fully saturated rings. The van der Waals surface area contributed by atoms with Crippen LogP contribution in [0.1, 0.15) is 11.1 Å². The molecule has 3 heteroatoms. The summed E-state index contributed by atoms with van der Waals surface area (Å²) in [7, 11) is 1.95. The zero-order valence-corrected chi connectivity index (χ0v) is 12.3. The van der Waals surface area contributed by atoms with Crippen molar-refractivity contribution in [2.45, 2.75) is 12.8 Å². The molecule has 0 aromatic heterocycles. The molecule has 1 unspecified atom stereocenters. The van der Waals surface area contributed by atoms with Crippen molar-refractivity contribution in [1.29, 1.82) is 0 Å². The summed E-state index contributed by atoms with van der Waals surface area (Å²) in [6.45, 7) is 0.921. The lowest BCUT2D eigenvalue weighted by Gasteiger charge is -2.17. The van der Waals surface area contributed by atoms with Gasteiger partial charge in [-0.15, -0.1) is 0 Å². The van der Waals surface area contributed by atoms with Gasteiger partial charge in [0.2, 0.25) is 0 Å². The van der Waals surface area contributed by atoms with Gasteiger partial charge in [-0.1, -0.05) is 35.9 Å². The molecular formula is C17H19ClFN. The third-order valence-corrected chi connectivity index (χ3v) is 3.58.